The molecule has 107 valence electrons. The smallest absolute Gasteiger partial charge is 0.231 e. The van der Waals surface area contributed by atoms with Crippen molar-refractivity contribution >= 4 is 5.91 Å². The maximum atomic E-state index is 12.3. The van der Waals surface area contributed by atoms with E-state index in [4.69, 9.17) is 10.5 Å². The van der Waals surface area contributed by atoms with E-state index in [2.05, 4.69) is 5.32 Å². The zero-order valence-electron chi connectivity index (χ0n) is 11.8. The lowest BCUT2D eigenvalue weighted by molar-refractivity contribution is -0.119. The lowest BCUT2D eigenvalue weighted by Gasteiger charge is -2.14. The van der Waals surface area contributed by atoms with Gasteiger partial charge in [-0.25, -0.2) is 0 Å². The molecule has 1 aromatic rings. The van der Waals surface area contributed by atoms with Gasteiger partial charge >= 0.3 is 0 Å². The van der Waals surface area contributed by atoms with Crippen molar-refractivity contribution in [3.05, 3.63) is 65.5 Å². The van der Waals surface area contributed by atoms with Crippen molar-refractivity contribution in [3.63, 3.8) is 0 Å². The van der Waals surface area contributed by atoms with Gasteiger partial charge in [-0.05, 0) is 5.56 Å². The Kier molecular flexibility index (Phi) is 4.93. The molecule has 2 rings (SSSR count). The normalized spacial score (nSPS) is 16.9. The molecule has 1 saturated carbocycles. The first-order valence-corrected chi connectivity index (χ1v) is 6.47. The number of hydrogen-bond donors (Lipinski definition) is 1. The van der Waals surface area contributed by atoms with Crippen LogP contribution in [0.2, 0.25) is 0 Å². The second-order valence-electron chi connectivity index (χ2n) is 4.49. The molecule has 6 heteroatoms. The average molecular weight is 298 g/mol. The lowest BCUT2D eigenvalue weighted by Crippen LogP contribution is -2.33. The first kappa shape index (κ1) is 16.0. The molecular weight excluding hydrogens is 290 g/mol. The van der Waals surface area contributed by atoms with Crippen LogP contribution in [0.3, 0.4) is 0 Å². The van der Waals surface area contributed by atoms with Crippen molar-refractivity contribution in [2.75, 3.05) is 0 Å². The third-order valence-electron chi connectivity index (χ3n) is 3.22. The minimum Gasteiger partial charge on any atom is -0.351 e. The van der Waals surface area contributed by atoms with E-state index in [9.17, 15) is 15.3 Å². The molecule has 0 saturated heterocycles. The summed E-state index contributed by atoms with van der Waals surface area (Å²) >= 11 is 0. The maximum Gasteiger partial charge on any atom is 0.231 e. The zero-order valence-corrected chi connectivity index (χ0v) is 11.8. The summed E-state index contributed by atoms with van der Waals surface area (Å²) in [6.07, 6.45) is 0. The van der Waals surface area contributed by atoms with Crippen LogP contribution in [0.25, 0.3) is 0 Å². The van der Waals surface area contributed by atoms with Crippen molar-refractivity contribution in [2.24, 2.45) is 0 Å². The van der Waals surface area contributed by atoms with Gasteiger partial charge in [0.1, 0.15) is 29.6 Å². The summed E-state index contributed by atoms with van der Waals surface area (Å²) in [6.45, 7) is 0.199. The highest BCUT2D eigenvalue weighted by atomic mass is 16.1. The fourth-order valence-electron chi connectivity index (χ4n) is 2.17. The van der Waals surface area contributed by atoms with E-state index >= 15 is 0 Å². The number of nitriles is 4. The summed E-state index contributed by atoms with van der Waals surface area (Å²) < 4.78 is 0. The highest BCUT2D eigenvalue weighted by Gasteiger charge is 2.58. The second kappa shape index (κ2) is 7.08. The second-order valence-corrected chi connectivity index (χ2v) is 4.49. The highest BCUT2D eigenvalue weighted by molar-refractivity contribution is 6.04. The number of carbonyl (C=O) groups excluding carboxylic acids is 1. The Morgan fingerprint density at radius 1 is 0.826 bits per heavy atom. The third-order valence-corrected chi connectivity index (χ3v) is 3.22. The van der Waals surface area contributed by atoms with Crippen LogP contribution in [0.5, 0.6) is 0 Å². The van der Waals surface area contributed by atoms with Gasteiger partial charge in [-0.2, -0.15) is 21.0 Å². The molecule has 1 aromatic carbocycles. The predicted octanol–water partition coefficient (Wildman–Crippen LogP) is 1.28. The van der Waals surface area contributed by atoms with Crippen molar-refractivity contribution in [2.45, 2.75) is 6.54 Å². The molecule has 0 aromatic heterocycles. The van der Waals surface area contributed by atoms with Gasteiger partial charge in [0.25, 0.3) is 0 Å². The maximum absolute atomic E-state index is 12.3. The topological polar surface area (TPSA) is 124 Å². The molecule has 1 fully saturated rings. The van der Waals surface area contributed by atoms with Gasteiger partial charge < -0.3 is 5.32 Å². The van der Waals surface area contributed by atoms with Gasteiger partial charge in [0.2, 0.25) is 5.91 Å². The fraction of sp³-hybridized carbons (Fsp3) is 0.0588. The van der Waals surface area contributed by atoms with E-state index in [0.717, 1.165) is 5.56 Å². The van der Waals surface area contributed by atoms with Gasteiger partial charge in [-0.3, -0.25) is 4.79 Å². The van der Waals surface area contributed by atoms with Crippen LogP contribution in [0.15, 0.2) is 30.3 Å². The minimum atomic E-state index is -0.667. The summed E-state index contributed by atoms with van der Waals surface area (Å²) in [4.78, 5) is 12.3. The molecule has 5 radical (unpaired) electrons. The largest absolute Gasteiger partial charge is 0.351 e. The molecule has 0 spiro atoms. The van der Waals surface area contributed by atoms with E-state index in [-0.39, 0.29) is 36.1 Å². The van der Waals surface area contributed by atoms with Gasteiger partial charge in [-0.1, -0.05) is 30.3 Å². The molecule has 1 aliphatic rings. The summed E-state index contributed by atoms with van der Waals surface area (Å²) in [5, 5.41) is 39.2. The molecule has 0 atom stereocenters. The van der Waals surface area contributed by atoms with Crippen molar-refractivity contribution in [1.82, 2.24) is 5.32 Å². The van der Waals surface area contributed by atoms with Crippen LogP contribution in [0.4, 0.5) is 0 Å². The lowest BCUT2D eigenvalue weighted by atomic mass is 9.87. The van der Waals surface area contributed by atoms with Crippen LogP contribution < -0.4 is 5.32 Å². The van der Waals surface area contributed by atoms with Crippen molar-refractivity contribution in [3.8, 4) is 24.3 Å². The molecule has 0 aliphatic heterocycles. The molecule has 1 amide bonds. The van der Waals surface area contributed by atoms with Crippen LogP contribution >= 0.6 is 0 Å². The average Bonchev–Trinajstić information content (AvgIpc) is 2.92. The van der Waals surface area contributed by atoms with Crippen LogP contribution in [0.1, 0.15) is 5.56 Å². The van der Waals surface area contributed by atoms with Gasteiger partial charge in [-0.15, -0.1) is 0 Å². The minimum absolute atomic E-state index is 0.199. The highest BCUT2D eigenvalue weighted by Crippen LogP contribution is 2.52. The Balaban J connectivity index is 2.20. The van der Waals surface area contributed by atoms with Gasteiger partial charge in [0, 0.05) is 6.54 Å². The van der Waals surface area contributed by atoms with E-state index in [1.807, 2.05) is 30.3 Å². The Hall–Kier alpha value is -3.35. The monoisotopic (exact) mass is 298 g/mol. The number of nitrogens with zero attached hydrogens (tertiary/aromatic N) is 4. The molecule has 1 N–H and O–H groups in total. The molecular formula is C17H8N5O. The summed E-state index contributed by atoms with van der Waals surface area (Å²) in [6, 6.07) is 16.0. The Morgan fingerprint density at radius 2 is 1.30 bits per heavy atom. The van der Waals surface area contributed by atoms with Crippen molar-refractivity contribution < 1.29 is 4.79 Å². The van der Waals surface area contributed by atoms with E-state index in [1.165, 1.54) is 0 Å². The molecule has 6 nitrogen and oxygen atoms in total. The molecule has 23 heavy (non-hydrogen) atoms. The standard InChI is InChI=1S/C17H8N5O/c18-6-12-13(7-19)15(9-21)16(14(12)8-20)17(23)22-10-11-4-2-1-3-5-11/h1-5H,10H2,(H,22,23). The number of amides is 1. The van der Waals surface area contributed by atoms with Gasteiger partial charge in [0.05, 0.1) is 24.3 Å². The quantitative estimate of drug-likeness (QED) is 0.900. The van der Waals surface area contributed by atoms with Crippen LogP contribution in [-0.4, -0.2) is 5.91 Å². The number of nitrogens with one attached hydrogen (secondary N) is 1. The SMILES string of the molecule is N#C[C]1[C](C#N)[C](C#N)[C](C(=O)NCc2ccccc2)[C]1C#N. The van der Waals surface area contributed by atoms with Gasteiger partial charge in [0.15, 0.2) is 0 Å². The molecule has 0 bridgehead atoms. The zero-order chi connectivity index (χ0) is 16.8. The Bertz CT molecular complexity index is 708. The van der Waals surface area contributed by atoms with Crippen LogP contribution in [-0.2, 0) is 11.3 Å². The predicted molar refractivity (Wildman–Crippen MR) is 77.0 cm³/mol. The van der Waals surface area contributed by atoms with Crippen LogP contribution in [0, 0.1) is 74.9 Å². The van der Waals surface area contributed by atoms with E-state index in [1.54, 1.807) is 24.3 Å². The number of benzene rings is 1. The number of carbonyl (C=O) groups is 1. The molecule has 0 heterocycles. The summed E-state index contributed by atoms with van der Waals surface area (Å²) in [7, 11) is 0. The van der Waals surface area contributed by atoms with Crippen molar-refractivity contribution in [1.29, 1.82) is 21.0 Å². The Labute approximate surface area is 134 Å². The molecule has 1 aliphatic carbocycles. The third kappa shape index (κ3) is 2.98. The fourth-order valence-corrected chi connectivity index (χ4v) is 2.17. The molecule has 0 unspecified atom stereocenters. The number of rotatable bonds is 3. The first-order chi connectivity index (χ1) is 11.2. The van der Waals surface area contributed by atoms with E-state index < -0.39 is 5.91 Å². The summed E-state index contributed by atoms with van der Waals surface area (Å²) in [5.41, 5.74) is 0.838. The Morgan fingerprint density at radius 3 is 1.74 bits per heavy atom. The first-order valence-electron chi connectivity index (χ1n) is 6.47. The summed E-state index contributed by atoms with van der Waals surface area (Å²) in [5.74, 6) is -1.86. The van der Waals surface area contributed by atoms with E-state index in [0.29, 0.717) is 0 Å². The number of hydrogen-bond acceptors (Lipinski definition) is 5.